The maximum Gasteiger partial charge on any atom is 0.347 e. The second-order valence-corrected chi connectivity index (χ2v) is 4.14. The summed E-state index contributed by atoms with van der Waals surface area (Å²) in [4.78, 5) is 15.2. The van der Waals surface area contributed by atoms with Gasteiger partial charge < -0.3 is 5.73 Å². The Morgan fingerprint density at radius 3 is 2.94 bits per heavy atom. The predicted molar refractivity (Wildman–Crippen MR) is 69.9 cm³/mol. The van der Waals surface area contributed by atoms with E-state index in [0.29, 0.717) is 11.1 Å². The highest BCUT2D eigenvalue weighted by Crippen LogP contribution is 2.11. The lowest BCUT2D eigenvalue weighted by Crippen LogP contribution is -2.22. The molecule has 0 spiro atoms. The van der Waals surface area contributed by atoms with E-state index < -0.39 is 11.5 Å². The van der Waals surface area contributed by atoms with Crippen LogP contribution in [0.15, 0.2) is 41.5 Å². The first-order valence-corrected chi connectivity index (χ1v) is 5.58. The molecule has 0 radical (unpaired) electrons. The van der Waals surface area contributed by atoms with Gasteiger partial charge in [0.15, 0.2) is 0 Å². The summed E-state index contributed by atoms with van der Waals surface area (Å²) >= 11 is 4.83. The highest BCUT2D eigenvalue weighted by atomic mass is 32.1. The van der Waals surface area contributed by atoms with Gasteiger partial charge in [0, 0.05) is 23.5 Å². The van der Waals surface area contributed by atoms with Gasteiger partial charge in [-0.2, -0.15) is 0 Å². The van der Waals surface area contributed by atoms with Crippen LogP contribution in [0.4, 0.5) is 4.39 Å². The lowest BCUT2D eigenvalue weighted by molar-refractivity contribution is 0.593. The molecular formula is C12H10FN3OS. The molecule has 1 aromatic carbocycles. The van der Waals surface area contributed by atoms with Crippen LogP contribution in [0.2, 0.25) is 0 Å². The lowest BCUT2D eigenvalue weighted by atomic mass is 10.1. The van der Waals surface area contributed by atoms with Crippen molar-refractivity contribution in [3.63, 3.8) is 0 Å². The third-order valence-electron chi connectivity index (χ3n) is 2.45. The van der Waals surface area contributed by atoms with Crippen molar-refractivity contribution in [1.82, 2.24) is 9.55 Å². The number of benzene rings is 1. The largest absolute Gasteiger partial charge is 0.389 e. The van der Waals surface area contributed by atoms with Gasteiger partial charge in [-0.05, 0) is 24.3 Å². The van der Waals surface area contributed by atoms with Crippen molar-refractivity contribution in [2.45, 2.75) is 6.54 Å². The number of hydrogen-bond donors (Lipinski definition) is 1. The van der Waals surface area contributed by atoms with Crippen molar-refractivity contribution in [1.29, 1.82) is 0 Å². The molecule has 0 amide bonds. The molecule has 0 saturated carbocycles. The smallest absolute Gasteiger partial charge is 0.347 e. The number of aromatic nitrogens is 2. The van der Waals surface area contributed by atoms with Crippen molar-refractivity contribution < 1.29 is 4.39 Å². The molecule has 1 aromatic heterocycles. The summed E-state index contributed by atoms with van der Waals surface area (Å²) in [5.41, 5.74) is 5.96. The average molecular weight is 263 g/mol. The number of nitrogens with zero attached hydrogens (tertiary/aromatic N) is 2. The van der Waals surface area contributed by atoms with E-state index >= 15 is 0 Å². The number of nitrogens with two attached hydrogens (primary N) is 1. The van der Waals surface area contributed by atoms with E-state index in [9.17, 15) is 9.18 Å². The summed E-state index contributed by atoms with van der Waals surface area (Å²) in [6.07, 6.45) is 2.93. The maximum absolute atomic E-state index is 13.6. The molecule has 4 nitrogen and oxygen atoms in total. The Kier molecular flexibility index (Phi) is 3.47. The van der Waals surface area contributed by atoms with Crippen molar-refractivity contribution in [2.75, 3.05) is 0 Å². The molecule has 0 aliphatic heterocycles. The minimum Gasteiger partial charge on any atom is -0.389 e. The average Bonchev–Trinajstić information content (AvgIpc) is 2.34. The Bertz CT molecular complexity index is 654. The Hall–Kier alpha value is -2.08. The first kappa shape index (κ1) is 12.4. The SMILES string of the molecule is NC(=S)c1ccc(F)c(Cn2cccnc2=O)c1. The van der Waals surface area contributed by atoms with Gasteiger partial charge in [0.1, 0.15) is 10.8 Å². The minimum atomic E-state index is -0.433. The van der Waals surface area contributed by atoms with Crippen LogP contribution < -0.4 is 11.4 Å². The summed E-state index contributed by atoms with van der Waals surface area (Å²) < 4.78 is 14.9. The highest BCUT2D eigenvalue weighted by molar-refractivity contribution is 7.80. The van der Waals surface area contributed by atoms with Crippen LogP contribution in [0.1, 0.15) is 11.1 Å². The Morgan fingerprint density at radius 1 is 1.50 bits per heavy atom. The zero-order valence-electron chi connectivity index (χ0n) is 9.34. The highest BCUT2D eigenvalue weighted by Gasteiger charge is 2.07. The fourth-order valence-electron chi connectivity index (χ4n) is 1.54. The molecule has 0 aliphatic rings. The van der Waals surface area contributed by atoms with Gasteiger partial charge in [0.25, 0.3) is 0 Å². The second kappa shape index (κ2) is 5.05. The van der Waals surface area contributed by atoms with Gasteiger partial charge in [0.2, 0.25) is 0 Å². The number of hydrogen-bond acceptors (Lipinski definition) is 3. The van der Waals surface area contributed by atoms with E-state index in [2.05, 4.69) is 4.98 Å². The molecule has 0 aliphatic carbocycles. The van der Waals surface area contributed by atoms with E-state index in [1.165, 1.54) is 29.0 Å². The van der Waals surface area contributed by atoms with Gasteiger partial charge in [-0.15, -0.1) is 0 Å². The summed E-state index contributed by atoms with van der Waals surface area (Å²) in [5.74, 6) is -0.411. The second-order valence-electron chi connectivity index (χ2n) is 3.70. The standard InChI is InChI=1S/C12H10FN3OS/c13-10-3-2-8(11(14)18)6-9(10)7-16-5-1-4-15-12(16)17/h1-6H,7H2,(H2,14,18). The molecular weight excluding hydrogens is 253 g/mol. The molecule has 2 aromatic rings. The molecule has 2 N–H and O–H groups in total. The van der Waals surface area contributed by atoms with Crippen LogP contribution in [0, 0.1) is 5.82 Å². The first-order chi connectivity index (χ1) is 8.58. The topological polar surface area (TPSA) is 60.9 Å². The fourth-order valence-corrected chi connectivity index (χ4v) is 1.67. The van der Waals surface area contributed by atoms with Crippen LogP contribution in [-0.2, 0) is 6.54 Å². The minimum absolute atomic E-state index is 0.0922. The van der Waals surface area contributed by atoms with Crippen molar-refractivity contribution >= 4 is 17.2 Å². The third kappa shape index (κ3) is 2.60. The molecule has 0 fully saturated rings. The molecule has 0 bridgehead atoms. The molecule has 6 heteroatoms. The molecule has 1 heterocycles. The molecule has 0 unspecified atom stereocenters. The molecule has 92 valence electrons. The van der Waals surface area contributed by atoms with E-state index in [1.54, 1.807) is 12.3 Å². The van der Waals surface area contributed by atoms with Gasteiger partial charge in [0.05, 0.1) is 6.54 Å². The Balaban J connectivity index is 2.40. The molecule has 2 rings (SSSR count). The Labute approximate surface area is 108 Å². The quantitative estimate of drug-likeness (QED) is 0.841. The van der Waals surface area contributed by atoms with Crippen LogP contribution in [-0.4, -0.2) is 14.5 Å². The molecule has 0 atom stereocenters. The number of halogens is 1. The van der Waals surface area contributed by atoms with Crippen LogP contribution in [0.25, 0.3) is 0 Å². The van der Waals surface area contributed by atoms with E-state index in [0.717, 1.165) is 0 Å². The maximum atomic E-state index is 13.6. The summed E-state index contributed by atoms with van der Waals surface area (Å²) in [7, 11) is 0. The van der Waals surface area contributed by atoms with E-state index in [-0.39, 0.29) is 11.5 Å². The number of thiocarbonyl (C=S) groups is 1. The third-order valence-corrected chi connectivity index (χ3v) is 2.69. The summed E-state index contributed by atoms with van der Waals surface area (Å²) in [5, 5.41) is 0. The normalized spacial score (nSPS) is 10.3. The van der Waals surface area contributed by atoms with E-state index in [1.807, 2.05) is 0 Å². The first-order valence-electron chi connectivity index (χ1n) is 5.17. The van der Waals surface area contributed by atoms with Crippen molar-refractivity contribution in [3.8, 4) is 0 Å². The molecule has 18 heavy (non-hydrogen) atoms. The van der Waals surface area contributed by atoms with Gasteiger partial charge in [-0.1, -0.05) is 12.2 Å². The Morgan fingerprint density at radius 2 is 2.28 bits per heavy atom. The fraction of sp³-hybridized carbons (Fsp3) is 0.0833. The van der Waals surface area contributed by atoms with E-state index in [4.69, 9.17) is 18.0 Å². The van der Waals surface area contributed by atoms with Crippen LogP contribution in [0.3, 0.4) is 0 Å². The van der Waals surface area contributed by atoms with Gasteiger partial charge in [-0.25, -0.2) is 14.2 Å². The zero-order chi connectivity index (χ0) is 13.1. The summed E-state index contributed by atoms with van der Waals surface area (Å²) in [6, 6.07) is 5.94. The monoisotopic (exact) mass is 263 g/mol. The van der Waals surface area contributed by atoms with Crippen molar-refractivity contribution in [2.24, 2.45) is 5.73 Å². The van der Waals surface area contributed by atoms with Crippen LogP contribution in [0.5, 0.6) is 0 Å². The van der Waals surface area contributed by atoms with Gasteiger partial charge in [-0.3, -0.25) is 4.57 Å². The predicted octanol–water partition coefficient (Wildman–Crippen LogP) is 1.06. The van der Waals surface area contributed by atoms with Gasteiger partial charge >= 0.3 is 5.69 Å². The zero-order valence-corrected chi connectivity index (χ0v) is 10.2. The summed E-state index contributed by atoms with van der Waals surface area (Å²) in [6.45, 7) is 0.0922. The van der Waals surface area contributed by atoms with Crippen LogP contribution >= 0.6 is 12.2 Å². The lowest BCUT2D eigenvalue weighted by Gasteiger charge is -2.07. The number of rotatable bonds is 3. The molecule has 0 saturated heterocycles. The van der Waals surface area contributed by atoms with Crippen molar-refractivity contribution in [3.05, 3.63) is 64.1 Å².